The smallest absolute Gasteiger partial charge is 0.338 e. The number of fused-ring (bicyclic) bond motifs is 1. The average molecular weight is 691 g/mol. The Bertz CT molecular complexity index is 2350. The molecule has 1 aliphatic heterocycles. The van der Waals surface area contributed by atoms with Crippen LogP contribution in [0.15, 0.2) is 107 Å². The standard InChI is InChI=1S/C38H34N4O7S/c1-7-17-48-29-15-13-25(18-22(29)2)34-27(21-41(40-34)28-11-9-8-10-12-28)20-32-36(44)42-35(33(37(45)47-6)23(3)39-38(42)50-32)26-14-16-30(49-24(4)43)31(19-26)46-5/h7-16,18-21,35H,1,17H2,2-6H3/b32-20-/t35-/m0/s1. The molecule has 3 heterocycles. The van der Waals surface area contributed by atoms with Gasteiger partial charge in [0.2, 0.25) is 0 Å². The second kappa shape index (κ2) is 14.2. The van der Waals surface area contributed by atoms with Gasteiger partial charge in [0.1, 0.15) is 18.1 Å². The molecule has 0 radical (unpaired) electrons. The number of carbonyl (C=O) groups is 2. The van der Waals surface area contributed by atoms with E-state index in [1.165, 1.54) is 37.0 Å². The molecule has 0 bridgehead atoms. The molecule has 11 nitrogen and oxygen atoms in total. The fourth-order valence-corrected chi connectivity index (χ4v) is 6.82. The van der Waals surface area contributed by atoms with Gasteiger partial charge in [-0.1, -0.05) is 48.3 Å². The number of rotatable bonds is 10. The molecule has 2 aromatic heterocycles. The van der Waals surface area contributed by atoms with E-state index in [2.05, 4.69) is 11.6 Å². The molecule has 0 N–H and O–H groups in total. The molecule has 50 heavy (non-hydrogen) atoms. The number of hydrogen-bond donors (Lipinski definition) is 0. The Morgan fingerprint density at radius 2 is 1.76 bits per heavy atom. The van der Waals surface area contributed by atoms with E-state index in [1.807, 2.05) is 61.7 Å². The third kappa shape index (κ3) is 6.52. The van der Waals surface area contributed by atoms with E-state index in [0.29, 0.717) is 38.5 Å². The number of carbonyl (C=O) groups excluding carboxylic acids is 2. The van der Waals surface area contributed by atoms with Crippen LogP contribution in [0.25, 0.3) is 23.0 Å². The number of hydrogen-bond acceptors (Lipinski definition) is 10. The van der Waals surface area contributed by atoms with Gasteiger partial charge in [-0.15, -0.1) is 0 Å². The van der Waals surface area contributed by atoms with Crippen LogP contribution in [0.3, 0.4) is 0 Å². The minimum atomic E-state index is -0.904. The highest BCUT2D eigenvalue weighted by Crippen LogP contribution is 2.36. The van der Waals surface area contributed by atoms with Crippen molar-refractivity contribution < 1.29 is 28.5 Å². The summed E-state index contributed by atoms with van der Waals surface area (Å²) in [5, 5.41) is 4.94. The second-order valence-corrected chi connectivity index (χ2v) is 12.4. The molecule has 0 aliphatic carbocycles. The monoisotopic (exact) mass is 690 g/mol. The van der Waals surface area contributed by atoms with Gasteiger partial charge >= 0.3 is 11.9 Å². The molecular formula is C38H34N4O7S. The quantitative estimate of drug-likeness (QED) is 0.113. The molecule has 0 amide bonds. The highest BCUT2D eigenvalue weighted by atomic mass is 32.1. The zero-order valence-electron chi connectivity index (χ0n) is 28.1. The average Bonchev–Trinajstić information content (AvgIpc) is 3.67. The summed E-state index contributed by atoms with van der Waals surface area (Å²) in [6, 6.07) is 19.5. The lowest BCUT2D eigenvalue weighted by Crippen LogP contribution is -2.39. The molecule has 254 valence electrons. The van der Waals surface area contributed by atoms with Crippen molar-refractivity contribution in [3.63, 3.8) is 0 Å². The maximum absolute atomic E-state index is 14.4. The number of aryl methyl sites for hydroxylation is 1. The van der Waals surface area contributed by atoms with Crippen LogP contribution in [-0.2, 0) is 14.3 Å². The third-order valence-electron chi connectivity index (χ3n) is 8.04. The SMILES string of the molecule is C=CCOc1ccc(-c2nn(-c3ccccc3)cc2/C=c2\sc3n(c2=O)[C@@H](c2ccc(OC(C)=O)c(OC)c2)C(C(=O)OC)=C(C)N=3)cc1C. The molecule has 0 saturated carbocycles. The summed E-state index contributed by atoms with van der Waals surface area (Å²) in [7, 11) is 2.72. The maximum atomic E-state index is 14.4. The Morgan fingerprint density at radius 1 is 1.00 bits per heavy atom. The second-order valence-electron chi connectivity index (χ2n) is 11.4. The third-order valence-corrected chi connectivity index (χ3v) is 9.02. The van der Waals surface area contributed by atoms with Crippen LogP contribution < -0.4 is 29.1 Å². The van der Waals surface area contributed by atoms with Crippen molar-refractivity contribution in [1.29, 1.82) is 0 Å². The van der Waals surface area contributed by atoms with Gasteiger partial charge in [0.05, 0.1) is 41.8 Å². The van der Waals surface area contributed by atoms with Crippen molar-refractivity contribution >= 4 is 29.4 Å². The Morgan fingerprint density at radius 3 is 2.44 bits per heavy atom. The molecule has 0 unspecified atom stereocenters. The summed E-state index contributed by atoms with van der Waals surface area (Å²) in [4.78, 5) is 44.4. The number of methoxy groups -OCH3 is 2. The normalized spacial score (nSPS) is 14.1. The first-order chi connectivity index (χ1) is 24.1. The Kier molecular flexibility index (Phi) is 9.64. The number of esters is 2. The number of benzene rings is 3. The van der Waals surface area contributed by atoms with Crippen molar-refractivity contribution in [2.45, 2.75) is 26.8 Å². The topological polar surface area (TPSA) is 123 Å². The first-order valence-corrected chi connectivity index (χ1v) is 16.4. The van der Waals surface area contributed by atoms with Crippen LogP contribution in [0.4, 0.5) is 0 Å². The minimum Gasteiger partial charge on any atom is -0.493 e. The van der Waals surface area contributed by atoms with E-state index in [0.717, 1.165) is 22.6 Å². The van der Waals surface area contributed by atoms with Gasteiger partial charge < -0.3 is 18.9 Å². The van der Waals surface area contributed by atoms with Gasteiger partial charge in [-0.05, 0) is 73.5 Å². The summed E-state index contributed by atoms with van der Waals surface area (Å²) >= 11 is 1.20. The first-order valence-electron chi connectivity index (χ1n) is 15.6. The van der Waals surface area contributed by atoms with E-state index >= 15 is 0 Å². The summed E-state index contributed by atoms with van der Waals surface area (Å²) in [6.07, 6.45) is 5.36. The van der Waals surface area contributed by atoms with Gasteiger partial charge in [0.15, 0.2) is 16.3 Å². The Labute approximate surface area is 291 Å². The highest BCUT2D eigenvalue weighted by Gasteiger charge is 2.34. The molecular weight excluding hydrogens is 657 g/mol. The number of nitrogens with zero attached hydrogens (tertiary/aromatic N) is 4. The van der Waals surface area contributed by atoms with Crippen molar-refractivity contribution in [2.75, 3.05) is 20.8 Å². The predicted octanol–water partition coefficient (Wildman–Crippen LogP) is 5.07. The fraction of sp³-hybridized carbons (Fsp3) is 0.184. The summed E-state index contributed by atoms with van der Waals surface area (Å²) in [6.45, 7) is 9.06. The molecule has 1 aliphatic rings. The number of aromatic nitrogens is 3. The molecule has 5 aromatic rings. The van der Waals surface area contributed by atoms with Crippen LogP contribution in [0.1, 0.15) is 36.6 Å². The van der Waals surface area contributed by atoms with Gasteiger partial charge in [0, 0.05) is 24.2 Å². The molecule has 0 spiro atoms. The highest BCUT2D eigenvalue weighted by molar-refractivity contribution is 7.07. The Hall–Kier alpha value is -6.01. The molecule has 6 rings (SSSR count). The minimum absolute atomic E-state index is 0.195. The van der Waals surface area contributed by atoms with E-state index in [9.17, 15) is 14.4 Å². The lowest BCUT2D eigenvalue weighted by molar-refractivity contribution is -0.136. The van der Waals surface area contributed by atoms with E-state index < -0.39 is 18.0 Å². The maximum Gasteiger partial charge on any atom is 0.338 e. The lowest BCUT2D eigenvalue weighted by Gasteiger charge is -2.25. The molecule has 0 fully saturated rings. The van der Waals surface area contributed by atoms with Crippen LogP contribution in [0, 0.1) is 6.92 Å². The lowest BCUT2D eigenvalue weighted by atomic mass is 9.95. The number of para-hydroxylation sites is 1. The number of ether oxygens (including phenoxy) is 4. The Balaban J connectivity index is 1.54. The van der Waals surface area contributed by atoms with Gasteiger partial charge in [0.25, 0.3) is 5.56 Å². The molecule has 3 aromatic carbocycles. The summed E-state index contributed by atoms with van der Waals surface area (Å²) < 4.78 is 25.4. The van der Waals surface area contributed by atoms with E-state index in [-0.39, 0.29) is 22.6 Å². The van der Waals surface area contributed by atoms with Gasteiger partial charge in [-0.3, -0.25) is 14.2 Å². The zero-order valence-corrected chi connectivity index (χ0v) is 28.9. The van der Waals surface area contributed by atoms with Gasteiger partial charge in [-0.2, -0.15) is 5.10 Å². The molecule has 12 heteroatoms. The van der Waals surface area contributed by atoms with Crippen LogP contribution >= 0.6 is 11.3 Å². The van der Waals surface area contributed by atoms with Crippen LogP contribution in [0.2, 0.25) is 0 Å². The molecule has 0 saturated heterocycles. The van der Waals surface area contributed by atoms with Crippen LogP contribution in [0.5, 0.6) is 17.2 Å². The van der Waals surface area contributed by atoms with Crippen molar-refractivity contribution in [2.24, 2.45) is 4.99 Å². The van der Waals surface area contributed by atoms with Gasteiger partial charge in [-0.25, -0.2) is 14.5 Å². The van der Waals surface area contributed by atoms with E-state index in [4.69, 9.17) is 24.0 Å². The number of thiazole rings is 1. The largest absolute Gasteiger partial charge is 0.493 e. The van der Waals surface area contributed by atoms with E-state index in [1.54, 1.807) is 42.0 Å². The van der Waals surface area contributed by atoms with Crippen LogP contribution in [-0.4, -0.2) is 47.1 Å². The van der Waals surface area contributed by atoms with Crippen molar-refractivity contribution in [1.82, 2.24) is 14.3 Å². The summed E-state index contributed by atoms with van der Waals surface area (Å²) in [5.74, 6) is 0.0520. The fourth-order valence-electron chi connectivity index (χ4n) is 5.78. The summed E-state index contributed by atoms with van der Waals surface area (Å²) in [5.41, 5.74) is 4.74. The first kappa shape index (κ1) is 33.9. The molecule has 1 atom stereocenters. The zero-order chi connectivity index (χ0) is 35.5. The van der Waals surface area contributed by atoms with Crippen molar-refractivity contribution in [3.05, 3.63) is 133 Å². The van der Waals surface area contributed by atoms with Crippen molar-refractivity contribution in [3.8, 4) is 34.2 Å². The number of allylic oxidation sites excluding steroid dienone is 1. The predicted molar refractivity (Wildman–Crippen MR) is 190 cm³/mol.